The molecule has 2 amide bonds. The van der Waals surface area contributed by atoms with Crippen LogP contribution in [0.25, 0.3) is 0 Å². The number of nitrogens with one attached hydrogen (secondary N) is 1. The smallest absolute Gasteiger partial charge is 0.321 e. The van der Waals surface area contributed by atoms with Gasteiger partial charge in [0.05, 0.1) is 0 Å². The lowest BCUT2D eigenvalue weighted by Crippen LogP contribution is -2.50. The summed E-state index contributed by atoms with van der Waals surface area (Å²) in [7, 11) is 0. The van der Waals surface area contributed by atoms with Gasteiger partial charge < -0.3 is 15.1 Å². The van der Waals surface area contributed by atoms with Crippen LogP contribution in [0.4, 0.5) is 16.2 Å². The molecule has 0 bridgehead atoms. The molecule has 0 aliphatic carbocycles. The van der Waals surface area contributed by atoms with Crippen molar-refractivity contribution in [2.24, 2.45) is 0 Å². The molecule has 0 spiro atoms. The Balaban J connectivity index is 1.59. The summed E-state index contributed by atoms with van der Waals surface area (Å²) in [6, 6.07) is 12.2. The first-order valence-electron chi connectivity index (χ1n) is 8.58. The number of hydrogen-bond acceptors (Lipinski definition) is 2. The van der Waals surface area contributed by atoms with Gasteiger partial charge in [-0.2, -0.15) is 0 Å². The topological polar surface area (TPSA) is 35.6 Å². The predicted octanol–water partition coefficient (Wildman–Crippen LogP) is 4.62. The SMILES string of the molecule is Cc1ccc(NC(=O)N2CCN(c3ccc(C)c(Cl)c3)CC2)c(C)c1. The molecule has 0 atom stereocenters. The zero-order valence-corrected chi connectivity index (χ0v) is 15.7. The third kappa shape index (κ3) is 4.07. The molecule has 25 heavy (non-hydrogen) atoms. The van der Waals surface area contributed by atoms with E-state index in [1.165, 1.54) is 5.56 Å². The number of nitrogens with zero attached hydrogens (tertiary/aromatic N) is 2. The number of carbonyl (C=O) groups is 1. The molecule has 0 saturated carbocycles. The number of carbonyl (C=O) groups excluding carboxylic acids is 1. The number of hydrogen-bond donors (Lipinski definition) is 1. The lowest BCUT2D eigenvalue weighted by Gasteiger charge is -2.36. The van der Waals surface area contributed by atoms with Crippen LogP contribution in [0.5, 0.6) is 0 Å². The summed E-state index contributed by atoms with van der Waals surface area (Å²) >= 11 is 6.23. The monoisotopic (exact) mass is 357 g/mol. The predicted molar refractivity (Wildman–Crippen MR) is 105 cm³/mol. The van der Waals surface area contributed by atoms with E-state index in [1.54, 1.807) is 0 Å². The van der Waals surface area contributed by atoms with Crippen molar-refractivity contribution in [3.05, 3.63) is 58.1 Å². The van der Waals surface area contributed by atoms with Crippen molar-refractivity contribution in [2.75, 3.05) is 36.4 Å². The van der Waals surface area contributed by atoms with Crippen LogP contribution < -0.4 is 10.2 Å². The van der Waals surface area contributed by atoms with Gasteiger partial charge in [-0.25, -0.2) is 4.79 Å². The number of aryl methyl sites for hydroxylation is 3. The number of urea groups is 1. The summed E-state index contributed by atoms with van der Waals surface area (Å²) in [5, 5.41) is 3.81. The third-order valence-electron chi connectivity index (χ3n) is 4.71. The van der Waals surface area contributed by atoms with Crippen molar-refractivity contribution < 1.29 is 4.79 Å². The van der Waals surface area contributed by atoms with E-state index < -0.39 is 0 Å². The fraction of sp³-hybridized carbons (Fsp3) is 0.350. The van der Waals surface area contributed by atoms with Gasteiger partial charge in [0.15, 0.2) is 0 Å². The molecular formula is C20H24ClN3O. The second-order valence-electron chi connectivity index (χ2n) is 6.66. The summed E-state index contributed by atoms with van der Waals surface area (Å²) in [6.07, 6.45) is 0. The average molecular weight is 358 g/mol. The molecule has 5 heteroatoms. The van der Waals surface area contributed by atoms with Crippen molar-refractivity contribution in [2.45, 2.75) is 20.8 Å². The van der Waals surface area contributed by atoms with Crippen molar-refractivity contribution in [3.8, 4) is 0 Å². The maximum absolute atomic E-state index is 12.5. The largest absolute Gasteiger partial charge is 0.368 e. The van der Waals surface area contributed by atoms with E-state index in [0.717, 1.165) is 40.6 Å². The summed E-state index contributed by atoms with van der Waals surface area (Å²) < 4.78 is 0. The van der Waals surface area contributed by atoms with Crippen LogP contribution in [0.1, 0.15) is 16.7 Å². The van der Waals surface area contributed by atoms with E-state index in [4.69, 9.17) is 11.6 Å². The Morgan fingerprint density at radius 3 is 2.32 bits per heavy atom. The first-order valence-corrected chi connectivity index (χ1v) is 8.96. The average Bonchev–Trinajstić information content (AvgIpc) is 2.60. The fourth-order valence-electron chi connectivity index (χ4n) is 3.09. The highest BCUT2D eigenvalue weighted by Gasteiger charge is 2.22. The third-order valence-corrected chi connectivity index (χ3v) is 5.12. The number of amides is 2. The molecule has 4 nitrogen and oxygen atoms in total. The second kappa shape index (κ2) is 7.36. The highest BCUT2D eigenvalue weighted by Crippen LogP contribution is 2.24. The van der Waals surface area contributed by atoms with Crippen LogP contribution in [0, 0.1) is 20.8 Å². The van der Waals surface area contributed by atoms with E-state index in [2.05, 4.69) is 29.3 Å². The number of anilines is 2. The Kier molecular flexibility index (Phi) is 5.19. The van der Waals surface area contributed by atoms with E-state index >= 15 is 0 Å². The first kappa shape index (κ1) is 17.6. The van der Waals surface area contributed by atoms with Crippen molar-refractivity contribution >= 4 is 29.0 Å². The molecule has 0 radical (unpaired) electrons. The normalized spacial score (nSPS) is 14.6. The molecule has 2 aromatic carbocycles. The molecule has 2 aromatic rings. The highest BCUT2D eigenvalue weighted by atomic mass is 35.5. The van der Waals surface area contributed by atoms with E-state index in [1.807, 2.05) is 43.0 Å². The van der Waals surface area contributed by atoms with Gasteiger partial charge in [-0.15, -0.1) is 0 Å². The van der Waals surface area contributed by atoms with Crippen LogP contribution in [0.15, 0.2) is 36.4 Å². The highest BCUT2D eigenvalue weighted by molar-refractivity contribution is 6.31. The number of rotatable bonds is 2. The first-order chi connectivity index (χ1) is 11.9. The van der Waals surface area contributed by atoms with Crippen LogP contribution >= 0.6 is 11.6 Å². The summed E-state index contributed by atoms with van der Waals surface area (Å²) in [5.74, 6) is 0. The number of benzene rings is 2. The van der Waals surface area contributed by atoms with Gasteiger partial charge in [-0.05, 0) is 50.1 Å². The molecule has 1 saturated heterocycles. The van der Waals surface area contributed by atoms with Gasteiger partial charge in [-0.3, -0.25) is 0 Å². The van der Waals surface area contributed by atoms with Crippen molar-refractivity contribution in [1.29, 1.82) is 0 Å². The minimum Gasteiger partial charge on any atom is -0.368 e. The maximum Gasteiger partial charge on any atom is 0.321 e. The molecule has 1 N–H and O–H groups in total. The van der Waals surface area contributed by atoms with Gasteiger partial charge in [0.2, 0.25) is 0 Å². The molecule has 1 aliphatic heterocycles. The van der Waals surface area contributed by atoms with Crippen LogP contribution in [-0.2, 0) is 0 Å². The number of halogens is 1. The Morgan fingerprint density at radius 1 is 0.960 bits per heavy atom. The lowest BCUT2D eigenvalue weighted by atomic mass is 10.1. The molecular weight excluding hydrogens is 334 g/mol. The zero-order chi connectivity index (χ0) is 18.0. The van der Waals surface area contributed by atoms with Crippen LogP contribution in [-0.4, -0.2) is 37.1 Å². The summed E-state index contributed by atoms with van der Waals surface area (Å²) in [5.41, 5.74) is 5.35. The van der Waals surface area contributed by atoms with Crippen molar-refractivity contribution in [1.82, 2.24) is 4.90 Å². The molecule has 0 aromatic heterocycles. The molecule has 0 unspecified atom stereocenters. The molecule has 1 aliphatic rings. The van der Waals surface area contributed by atoms with Gasteiger partial charge in [-0.1, -0.05) is 35.4 Å². The molecule has 3 rings (SSSR count). The Labute approximate surface area is 154 Å². The molecule has 1 fully saturated rings. The molecule has 132 valence electrons. The zero-order valence-electron chi connectivity index (χ0n) is 15.0. The van der Waals surface area contributed by atoms with Gasteiger partial charge >= 0.3 is 6.03 Å². The summed E-state index contributed by atoms with van der Waals surface area (Å²) in [6.45, 7) is 9.07. The number of piperazine rings is 1. The Bertz CT molecular complexity index is 783. The maximum atomic E-state index is 12.5. The van der Waals surface area contributed by atoms with Crippen LogP contribution in [0.2, 0.25) is 5.02 Å². The minimum atomic E-state index is -0.0338. The Morgan fingerprint density at radius 2 is 1.68 bits per heavy atom. The molecule has 1 heterocycles. The Hall–Kier alpha value is -2.20. The standard InChI is InChI=1S/C20H24ClN3O/c1-14-4-7-19(16(3)12-14)22-20(25)24-10-8-23(9-11-24)17-6-5-15(2)18(21)13-17/h4-7,12-13H,8-11H2,1-3H3,(H,22,25). The van der Waals surface area contributed by atoms with Crippen LogP contribution in [0.3, 0.4) is 0 Å². The van der Waals surface area contributed by atoms with E-state index in [9.17, 15) is 4.79 Å². The van der Waals surface area contributed by atoms with E-state index in [0.29, 0.717) is 13.1 Å². The minimum absolute atomic E-state index is 0.0338. The quantitative estimate of drug-likeness (QED) is 0.851. The van der Waals surface area contributed by atoms with Gasteiger partial charge in [0.1, 0.15) is 0 Å². The second-order valence-corrected chi connectivity index (χ2v) is 7.06. The summed E-state index contributed by atoms with van der Waals surface area (Å²) in [4.78, 5) is 16.7. The van der Waals surface area contributed by atoms with Gasteiger partial charge in [0.25, 0.3) is 0 Å². The van der Waals surface area contributed by atoms with E-state index in [-0.39, 0.29) is 6.03 Å². The van der Waals surface area contributed by atoms with Crippen molar-refractivity contribution in [3.63, 3.8) is 0 Å². The lowest BCUT2D eigenvalue weighted by molar-refractivity contribution is 0.208. The fourth-order valence-corrected chi connectivity index (χ4v) is 3.27. The van der Waals surface area contributed by atoms with Gasteiger partial charge in [0, 0.05) is 42.6 Å².